The van der Waals surface area contributed by atoms with Crippen LogP contribution in [0.15, 0.2) is 6.33 Å². The van der Waals surface area contributed by atoms with Crippen LogP contribution in [0.25, 0.3) is 0 Å². The van der Waals surface area contributed by atoms with E-state index in [1.165, 1.54) is 32.1 Å². The summed E-state index contributed by atoms with van der Waals surface area (Å²) in [6.07, 6.45) is 8.06. The van der Waals surface area contributed by atoms with Crippen LogP contribution in [-0.4, -0.2) is 62.7 Å². The molecule has 1 amide bonds. The van der Waals surface area contributed by atoms with Gasteiger partial charge in [-0.15, -0.1) is 10.2 Å². The van der Waals surface area contributed by atoms with E-state index in [-0.39, 0.29) is 0 Å². The number of hydrogen-bond acceptors (Lipinski definition) is 4. The topological polar surface area (TPSA) is 54.3 Å². The second-order valence-corrected chi connectivity index (χ2v) is 6.23. The maximum absolute atomic E-state index is 12.4. The zero-order chi connectivity index (χ0) is 14.7. The largest absolute Gasteiger partial charge is 0.337 e. The zero-order valence-electron chi connectivity index (χ0n) is 12.9. The molecule has 0 spiro atoms. The summed E-state index contributed by atoms with van der Waals surface area (Å²) in [5.41, 5.74) is 0. The zero-order valence-corrected chi connectivity index (χ0v) is 12.9. The molecule has 3 rings (SSSR count). The fraction of sp³-hybridized carbons (Fsp3) is 0.800. The lowest BCUT2D eigenvalue weighted by atomic mass is 9.93. The van der Waals surface area contributed by atoms with Gasteiger partial charge in [0, 0.05) is 32.2 Å². The molecule has 6 heteroatoms. The monoisotopic (exact) mass is 291 g/mol. The van der Waals surface area contributed by atoms with Crippen LogP contribution >= 0.6 is 0 Å². The molecule has 2 heterocycles. The number of hydrogen-bond donors (Lipinski definition) is 0. The van der Waals surface area contributed by atoms with Crippen LogP contribution in [0.2, 0.25) is 0 Å². The number of carbonyl (C=O) groups excluding carboxylic acids is 1. The molecule has 0 atom stereocenters. The van der Waals surface area contributed by atoms with E-state index in [1.807, 2.05) is 11.5 Å². The standard InChI is InChI=1S/C15H25N5O/c1-13-17-16-12-19(13)9-7-18-8-10-20(15(21)11-18)14-5-3-2-4-6-14/h12,14H,2-11H2,1H3. The Hall–Kier alpha value is -1.43. The third kappa shape index (κ3) is 3.43. The Kier molecular flexibility index (Phi) is 4.53. The highest BCUT2D eigenvalue weighted by atomic mass is 16.2. The molecule has 0 N–H and O–H groups in total. The summed E-state index contributed by atoms with van der Waals surface area (Å²) in [6, 6.07) is 0.508. The molecular formula is C15H25N5O. The van der Waals surface area contributed by atoms with Gasteiger partial charge in [-0.1, -0.05) is 19.3 Å². The van der Waals surface area contributed by atoms with Crippen LogP contribution in [0.3, 0.4) is 0 Å². The number of aromatic nitrogens is 3. The third-order valence-corrected chi connectivity index (χ3v) is 4.82. The highest BCUT2D eigenvalue weighted by Crippen LogP contribution is 2.23. The molecule has 0 bridgehead atoms. The van der Waals surface area contributed by atoms with E-state index in [2.05, 4.69) is 20.0 Å². The molecule has 21 heavy (non-hydrogen) atoms. The minimum Gasteiger partial charge on any atom is -0.337 e. The highest BCUT2D eigenvalue weighted by molar-refractivity contribution is 5.79. The molecule has 6 nitrogen and oxygen atoms in total. The number of aryl methyl sites for hydroxylation is 1. The molecule has 2 aliphatic rings. The van der Waals surface area contributed by atoms with Crippen LogP contribution in [0.1, 0.15) is 37.9 Å². The van der Waals surface area contributed by atoms with Gasteiger partial charge in [0.2, 0.25) is 5.91 Å². The highest BCUT2D eigenvalue weighted by Gasteiger charge is 2.30. The van der Waals surface area contributed by atoms with Crippen molar-refractivity contribution in [3.8, 4) is 0 Å². The molecule has 0 aromatic carbocycles. The van der Waals surface area contributed by atoms with E-state index in [0.29, 0.717) is 18.5 Å². The fourth-order valence-electron chi connectivity index (χ4n) is 3.49. The molecule has 1 aliphatic heterocycles. The van der Waals surface area contributed by atoms with Crippen molar-refractivity contribution in [1.29, 1.82) is 0 Å². The van der Waals surface area contributed by atoms with Crippen molar-refractivity contribution in [2.24, 2.45) is 0 Å². The summed E-state index contributed by atoms with van der Waals surface area (Å²) < 4.78 is 2.04. The average Bonchev–Trinajstić information content (AvgIpc) is 2.91. The van der Waals surface area contributed by atoms with Crippen LogP contribution < -0.4 is 0 Å². The summed E-state index contributed by atoms with van der Waals surface area (Å²) in [6.45, 7) is 6.16. The van der Waals surface area contributed by atoms with E-state index >= 15 is 0 Å². The average molecular weight is 291 g/mol. The van der Waals surface area contributed by atoms with Crippen molar-refractivity contribution in [2.75, 3.05) is 26.2 Å². The molecule has 0 unspecified atom stereocenters. The molecule has 116 valence electrons. The second-order valence-electron chi connectivity index (χ2n) is 6.23. The Morgan fingerprint density at radius 3 is 2.67 bits per heavy atom. The van der Waals surface area contributed by atoms with Gasteiger partial charge >= 0.3 is 0 Å². The van der Waals surface area contributed by atoms with E-state index in [4.69, 9.17) is 0 Å². The molecule has 1 aromatic rings. The van der Waals surface area contributed by atoms with E-state index in [0.717, 1.165) is 32.0 Å². The van der Waals surface area contributed by atoms with Gasteiger partial charge < -0.3 is 9.47 Å². The molecule has 0 radical (unpaired) electrons. The van der Waals surface area contributed by atoms with E-state index in [9.17, 15) is 4.79 Å². The van der Waals surface area contributed by atoms with Crippen LogP contribution in [0.4, 0.5) is 0 Å². The second kappa shape index (κ2) is 6.56. The van der Waals surface area contributed by atoms with Gasteiger partial charge in [0.15, 0.2) is 0 Å². The number of rotatable bonds is 4. The first kappa shape index (κ1) is 14.5. The van der Waals surface area contributed by atoms with Gasteiger partial charge in [0.05, 0.1) is 6.54 Å². The lowest BCUT2D eigenvalue weighted by molar-refractivity contribution is -0.139. The number of carbonyl (C=O) groups is 1. The van der Waals surface area contributed by atoms with Crippen molar-refractivity contribution < 1.29 is 4.79 Å². The first-order chi connectivity index (χ1) is 10.2. The Morgan fingerprint density at radius 2 is 2.00 bits per heavy atom. The summed E-state index contributed by atoms with van der Waals surface area (Å²) in [5, 5.41) is 7.88. The lowest BCUT2D eigenvalue weighted by Gasteiger charge is -2.40. The van der Waals surface area contributed by atoms with Gasteiger partial charge in [-0.05, 0) is 19.8 Å². The summed E-state index contributed by atoms with van der Waals surface area (Å²) in [5.74, 6) is 1.25. The summed E-state index contributed by atoms with van der Waals surface area (Å²) >= 11 is 0. The number of nitrogens with zero attached hydrogens (tertiary/aromatic N) is 5. The molecule has 2 fully saturated rings. The molecular weight excluding hydrogens is 266 g/mol. The summed E-state index contributed by atoms with van der Waals surface area (Å²) in [4.78, 5) is 16.8. The maximum Gasteiger partial charge on any atom is 0.237 e. The fourth-order valence-corrected chi connectivity index (χ4v) is 3.49. The van der Waals surface area contributed by atoms with Crippen LogP contribution in [0, 0.1) is 6.92 Å². The van der Waals surface area contributed by atoms with Crippen molar-refractivity contribution in [1.82, 2.24) is 24.6 Å². The van der Waals surface area contributed by atoms with E-state index < -0.39 is 0 Å². The maximum atomic E-state index is 12.4. The number of amides is 1. The Morgan fingerprint density at radius 1 is 1.19 bits per heavy atom. The molecule has 1 aromatic heterocycles. The predicted molar refractivity (Wildman–Crippen MR) is 79.8 cm³/mol. The third-order valence-electron chi connectivity index (χ3n) is 4.82. The smallest absolute Gasteiger partial charge is 0.237 e. The van der Waals surface area contributed by atoms with Crippen LogP contribution in [0.5, 0.6) is 0 Å². The number of piperazine rings is 1. The van der Waals surface area contributed by atoms with Gasteiger partial charge in [-0.25, -0.2) is 0 Å². The van der Waals surface area contributed by atoms with Gasteiger partial charge in [0.1, 0.15) is 12.2 Å². The Balaban J connectivity index is 1.48. The normalized spacial score (nSPS) is 22.0. The molecule has 1 saturated carbocycles. The predicted octanol–water partition coefficient (Wildman–Crippen LogP) is 1.06. The van der Waals surface area contributed by atoms with Gasteiger partial charge in [-0.3, -0.25) is 9.69 Å². The van der Waals surface area contributed by atoms with E-state index in [1.54, 1.807) is 6.33 Å². The van der Waals surface area contributed by atoms with Crippen LogP contribution in [-0.2, 0) is 11.3 Å². The van der Waals surface area contributed by atoms with Crippen molar-refractivity contribution in [2.45, 2.75) is 51.6 Å². The lowest BCUT2D eigenvalue weighted by Crippen LogP contribution is -2.54. The SMILES string of the molecule is Cc1nncn1CCN1CCN(C2CCCCC2)C(=O)C1. The summed E-state index contributed by atoms with van der Waals surface area (Å²) in [7, 11) is 0. The minimum absolute atomic E-state index is 0.314. The molecule has 1 saturated heterocycles. The van der Waals surface area contributed by atoms with Gasteiger partial charge in [0.25, 0.3) is 0 Å². The van der Waals surface area contributed by atoms with Crippen molar-refractivity contribution in [3.05, 3.63) is 12.2 Å². The minimum atomic E-state index is 0.314. The van der Waals surface area contributed by atoms with Crippen molar-refractivity contribution in [3.63, 3.8) is 0 Å². The Bertz CT molecular complexity index is 480. The quantitative estimate of drug-likeness (QED) is 0.832. The first-order valence-electron chi connectivity index (χ1n) is 8.10. The first-order valence-corrected chi connectivity index (χ1v) is 8.10. The van der Waals surface area contributed by atoms with Gasteiger partial charge in [-0.2, -0.15) is 0 Å². The Labute approximate surface area is 126 Å². The molecule has 1 aliphatic carbocycles. The van der Waals surface area contributed by atoms with Crippen molar-refractivity contribution >= 4 is 5.91 Å².